The summed E-state index contributed by atoms with van der Waals surface area (Å²) < 4.78 is 7.34. The van der Waals surface area contributed by atoms with Crippen LogP contribution in [-0.4, -0.2) is 14.7 Å². The number of imidazole rings is 1. The first-order valence-electron chi connectivity index (χ1n) is 5.38. The molecule has 16 heavy (non-hydrogen) atoms. The molecule has 0 spiro atoms. The van der Waals surface area contributed by atoms with Crippen LogP contribution in [0.4, 0.5) is 0 Å². The smallest absolute Gasteiger partial charge is 0.142 e. The minimum Gasteiger partial charge on any atom is -0.466 e. The molecule has 2 aromatic rings. The number of aromatic nitrogens is 2. The molecular formula is C12H16N2O2. The number of aryl methyl sites for hydroxylation is 3. The number of aliphatic hydroxyl groups excluding tert-OH is 1. The molecule has 4 nitrogen and oxygen atoms in total. The molecular weight excluding hydrogens is 204 g/mol. The molecule has 4 heteroatoms. The van der Waals surface area contributed by atoms with Crippen LogP contribution in [0.3, 0.4) is 0 Å². The van der Waals surface area contributed by atoms with Crippen molar-refractivity contribution in [1.29, 1.82) is 0 Å². The lowest BCUT2D eigenvalue weighted by Crippen LogP contribution is -2.07. The average Bonchev–Trinajstić information content (AvgIpc) is 2.83. The molecule has 0 aliphatic heterocycles. The van der Waals surface area contributed by atoms with E-state index in [-0.39, 0.29) is 0 Å². The van der Waals surface area contributed by atoms with Crippen molar-refractivity contribution < 1.29 is 9.52 Å². The van der Waals surface area contributed by atoms with Crippen molar-refractivity contribution in [3.05, 3.63) is 41.4 Å². The highest BCUT2D eigenvalue weighted by atomic mass is 16.3. The molecule has 0 aromatic carbocycles. The third-order valence-electron chi connectivity index (χ3n) is 2.68. The Morgan fingerprint density at radius 1 is 1.56 bits per heavy atom. The van der Waals surface area contributed by atoms with Gasteiger partial charge in [-0.15, -0.1) is 0 Å². The van der Waals surface area contributed by atoms with Gasteiger partial charge in [0.2, 0.25) is 0 Å². The Hall–Kier alpha value is -1.55. The van der Waals surface area contributed by atoms with E-state index < -0.39 is 6.10 Å². The molecule has 0 aliphatic rings. The summed E-state index contributed by atoms with van der Waals surface area (Å²) in [4.78, 5) is 4.15. The Kier molecular flexibility index (Phi) is 2.83. The highest BCUT2D eigenvalue weighted by Crippen LogP contribution is 2.26. The third-order valence-corrected chi connectivity index (χ3v) is 2.68. The summed E-state index contributed by atoms with van der Waals surface area (Å²) in [5.41, 5.74) is 0.814. The molecule has 1 N–H and O–H groups in total. The van der Waals surface area contributed by atoms with E-state index in [0.29, 0.717) is 5.82 Å². The third kappa shape index (κ3) is 1.76. The van der Waals surface area contributed by atoms with Crippen LogP contribution in [0, 0.1) is 6.92 Å². The fourth-order valence-corrected chi connectivity index (χ4v) is 1.87. The maximum absolute atomic E-state index is 10.2. The molecule has 0 radical (unpaired) electrons. The monoisotopic (exact) mass is 220 g/mol. The first-order valence-corrected chi connectivity index (χ1v) is 5.38. The first-order chi connectivity index (χ1) is 7.63. The summed E-state index contributed by atoms with van der Waals surface area (Å²) in [5.74, 6) is 2.28. The van der Waals surface area contributed by atoms with E-state index in [1.165, 1.54) is 0 Å². The molecule has 2 heterocycles. The summed E-state index contributed by atoms with van der Waals surface area (Å²) in [6.07, 6.45) is 3.55. The zero-order valence-electron chi connectivity index (χ0n) is 9.77. The van der Waals surface area contributed by atoms with Crippen LogP contribution >= 0.6 is 0 Å². The summed E-state index contributed by atoms with van der Waals surface area (Å²) in [6, 6.07) is 1.87. The van der Waals surface area contributed by atoms with Gasteiger partial charge in [-0.2, -0.15) is 0 Å². The normalized spacial score (nSPS) is 13.0. The summed E-state index contributed by atoms with van der Waals surface area (Å²) >= 11 is 0. The molecule has 0 saturated heterocycles. The largest absolute Gasteiger partial charge is 0.466 e. The van der Waals surface area contributed by atoms with Gasteiger partial charge in [-0.3, -0.25) is 0 Å². The minimum atomic E-state index is -0.715. The SMILES string of the molecule is CCc1oc(C)cc1C(O)c1nccn1C. The Morgan fingerprint density at radius 3 is 2.88 bits per heavy atom. The van der Waals surface area contributed by atoms with Crippen molar-refractivity contribution >= 4 is 0 Å². The molecule has 0 fully saturated rings. The number of aliphatic hydroxyl groups is 1. The average molecular weight is 220 g/mol. The van der Waals surface area contributed by atoms with Gasteiger partial charge in [0.15, 0.2) is 0 Å². The van der Waals surface area contributed by atoms with Crippen LogP contribution in [0.15, 0.2) is 22.9 Å². The van der Waals surface area contributed by atoms with Gasteiger partial charge >= 0.3 is 0 Å². The lowest BCUT2D eigenvalue weighted by molar-refractivity contribution is 0.203. The first kappa shape index (κ1) is 11.0. The molecule has 0 saturated carbocycles. The molecule has 0 bridgehead atoms. The lowest BCUT2D eigenvalue weighted by Gasteiger charge is -2.09. The van der Waals surface area contributed by atoms with Gasteiger partial charge in [0.25, 0.3) is 0 Å². The van der Waals surface area contributed by atoms with Crippen LogP contribution in [0.1, 0.15) is 35.9 Å². The van der Waals surface area contributed by atoms with Crippen LogP contribution < -0.4 is 0 Å². The maximum atomic E-state index is 10.2. The van der Waals surface area contributed by atoms with Crippen LogP contribution in [0.5, 0.6) is 0 Å². The van der Waals surface area contributed by atoms with E-state index in [4.69, 9.17) is 4.42 Å². The van der Waals surface area contributed by atoms with Gasteiger partial charge < -0.3 is 14.1 Å². The van der Waals surface area contributed by atoms with E-state index in [1.54, 1.807) is 6.20 Å². The topological polar surface area (TPSA) is 51.2 Å². The van der Waals surface area contributed by atoms with E-state index in [1.807, 2.05) is 37.7 Å². The maximum Gasteiger partial charge on any atom is 0.142 e. The minimum absolute atomic E-state index is 0.635. The predicted molar refractivity (Wildman–Crippen MR) is 60.1 cm³/mol. The highest BCUT2D eigenvalue weighted by Gasteiger charge is 2.20. The van der Waals surface area contributed by atoms with Crippen LogP contribution in [0.2, 0.25) is 0 Å². The fourth-order valence-electron chi connectivity index (χ4n) is 1.87. The van der Waals surface area contributed by atoms with Crippen molar-refractivity contribution in [2.45, 2.75) is 26.4 Å². The van der Waals surface area contributed by atoms with Gasteiger partial charge in [0.05, 0.1) is 0 Å². The zero-order valence-corrected chi connectivity index (χ0v) is 9.77. The van der Waals surface area contributed by atoms with Gasteiger partial charge in [-0.1, -0.05) is 6.92 Å². The standard InChI is InChI=1S/C12H16N2O2/c1-4-10-9(7-8(2)16-10)11(15)12-13-5-6-14(12)3/h5-7,11,15H,4H2,1-3H3. The fraction of sp³-hybridized carbons (Fsp3) is 0.417. The molecule has 0 amide bonds. The Bertz CT molecular complexity index is 485. The number of hydrogen-bond acceptors (Lipinski definition) is 3. The van der Waals surface area contributed by atoms with E-state index in [0.717, 1.165) is 23.5 Å². The Labute approximate surface area is 94.5 Å². The molecule has 0 aliphatic carbocycles. The molecule has 2 rings (SSSR count). The second-order valence-electron chi connectivity index (χ2n) is 3.89. The summed E-state index contributed by atoms with van der Waals surface area (Å²) in [5, 5.41) is 10.2. The van der Waals surface area contributed by atoms with E-state index in [9.17, 15) is 5.11 Å². The molecule has 1 unspecified atom stereocenters. The highest BCUT2D eigenvalue weighted by molar-refractivity contribution is 5.28. The van der Waals surface area contributed by atoms with E-state index in [2.05, 4.69) is 4.98 Å². The van der Waals surface area contributed by atoms with Crippen LogP contribution in [-0.2, 0) is 13.5 Å². The van der Waals surface area contributed by atoms with Crippen molar-refractivity contribution in [2.75, 3.05) is 0 Å². The Morgan fingerprint density at radius 2 is 2.31 bits per heavy atom. The molecule has 1 atom stereocenters. The van der Waals surface area contributed by atoms with Crippen molar-refractivity contribution in [1.82, 2.24) is 9.55 Å². The van der Waals surface area contributed by atoms with E-state index >= 15 is 0 Å². The second-order valence-corrected chi connectivity index (χ2v) is 3.89. The molecule has 2 aromatic heterocycles. The molecule has 86 valence electrons. The summed E-state index contributed by atoms with van der Waals surface area (Å²) in [6.45, 7) is 3.89. The van der Waals surface area contributed by atoms with Gasteiger partial charge in [-0.25, -0.2) is 4.98 Å². The number of rotatable bonds is 3. The lowest BCUT2D eigenvalue weighted by atomic mass is 10.1. The van der Waals surface area contributed by atoms with Gasteiger partial charge in [-0.05, 0) is 13.0 Å². The summed E-state index contributed by atoms with van der Waals surface area (Å²) in [7, 11) is 1.87. The predicted octanol–water partition coefficient (Wildman–Crippen LogP) is 1.97. The zero-order chi connectivity index (χ0) is 11.7. The van der Waals surface area contributed by atoms with Gasteiger partial charge in [0, 0.05) is 31.4 Å². The Balaban J connectivity index is 2.40. The number of furan rings is 1. The van der Waals surface area contributed by atoms with Crippen molar-refractivity contribution in [2.24, 2.45) is 7.05 Å². The quantitative estimate of drug-likeness (QED) is 0.860. The van der Waals surface area contributed by atoms with Gasteiger partial charge in [0.1, 0.15) is 23.4 Å². The van der Waals surface area contributed by atoms with Crippen LogP contribution in [0.25, 0.3) is 0 Å². The van der Waals surface area contributed by atoms with Crippen molar-refractivity contribution in [3.8, 4) is 0 Å². The number of nitrogens with zero attached hydrogens (tertiary/aromatic N) is 2. The van der Waals surface area contributed by atoms with Crippen molar-refractivity contribution in [3.63, 3.8) is 0 Å². The number of hydrogen-bond donors (Lipinski definition) is 1. The second kappa shape index (κ2) is 4.14.